The lowest BCUT2D eigenvalue weighted by Gasteiger charge is -2.10. The maximum Gasteiger partial charge on any atom is 0.165 e. The number of halogens is 2. The largest absolute Gasteiger partial charge is 0.491 e. The zero-order valence-electron chi connectivity index (χ0n) is 15.3. The van der Waals surface area contributed by atoms with Gasteiger partial charge >= 0.3 is 0 Å². The van der Waals surface area contributed by atoms with Crippen LogP contribution in [0.5, 0.6) is 5.75 Å². The molecule has 3 rings (SSSR count). The van der Waals surface area contributed by atoms with E-state index in [-0.39, 0.29) is 11.6 Å². The highest BCUT2D eigenvalue weighted by molar-refractivity contribution is 5.71. The van der Waals surface area contributed by atoms with Crippen LogP contribution in [0.15, 0.2) is 73.3 Å². The van der Waals surface area contributed by atoms with E-state index in [9.17, 15) is 8.78 Å². The first-order chi connectivity index (χ1) is 13.1. The van der Waals surface area contributed by atoms with Crippen molar-refractivity contribution in [3.8, 4) is 28.0 Å². The highest BCUT2D eigenvalue weighted by Crippen LogP contribution is 2.30. The van der Waals surface area contributed by atoms with Crippen molar-refractivity contribution < 1.29 is 13.5 Å². The summed E-state index contributed by atoms with van der Waals surface area (Å²) in [6.07, 6.45) is 3.77. The van der Waals surface area contributed by atoms with Crippen molar-refractivity contribution in [3.05, 3.63) is 90.5 Å². The van der Waals surface area contributed by atoms with Crippen molar-refractivity contribution in [3.63, 3.8) is 0 Å². The minimum Gasteiger partial charge on any atom is -0.491 e. The summed E-state index contributed by atoms with van der Waals surface area (Å²) in [5.41, 5.74) is 3.81. The smallest absolute Gasteiger partial charge is 0.165 e. The van der Waals surface area contributed by atoms with Gasteiger partial charge in [0.1, 0.15) is 5.82 Å². The van der Waals surface area contributed by atoms with Crippen LogP contribution in [-0.4, -0.2) is 6.61 Å². The monoisotopic (exact) mass is 364 g/mol. The molecule has 3 heteroatoms. The number of ether oxygens (including phenoxy) is 1. The van der Waals surface area contributed by atoms with Crippen LogP contribution in [0, 0.1) is 11.6 Å². The molecule has 0 N–H and O–H groups in total. The van der Waals surface area contributed by atoms with Gasteiger partial charge in [0, 0.05) is 5.56 Å². The molecule has 0 bridgehead atoms. The maximum atomic E-state index is 14.7. The minimum atomic E-state index is -0.493. The summed E-state index contributed by atoms with van der Waals surface area (Å²) >= 11 is 0. The average Bonchev–Trinajstić information content (AvgIpc) is 2.68. The Morgan fingerprint density at radius 3 is 2.15 bits per heavy atom. The molecule has 0 heterocycles. The van der Waals surface area contributed by atoms with E-state index in [1.807, 2.05) is 36.4 Å². The molecule has 0 unspecified atom stereocenters. The van der Waals surface area contributed by atoms with Crippen molar-refractivity contribution in [2.24, 2.45) is 0 Å². The molecule has 0 saturated carbocycles. The van der Waals surface area contributed by atoms with Gasteiger partial charge in [0.15, 0.2) is 11.6 Å². The first-order valence-electron chi connectivity index (χ1n) is 9.05. The van der Waals surface area contributed by atoms with E-state index in [0.29, 0.717) is 17.7 Å². The Morgan fingerprint density at radius 1 is 0.852 bits per heavy atom. The van der Waals surface area contributed by atoms with Crippen molar-refractivity contribution in [1.29, 1.82) is 0 Å². The number of benzene rings is 3. The van der Waals surface area contributed by atoms with Crippen LogP contribution < -0.4 is 4.74 Å². The summed E-state index contributed by atoms with van der Waals surface area (Å²) in [7, 11) is 0. The molecule has 0 atom stereocenters. The van der Waals surface area contributed by atoms with Gasteiger partial charge < -0.3 is 4.74 Å². The second kappa shape index (κ2) is 8.63. The summed E-state index contributed by atoms with van der Waals surface area (Å²) in [4.78, 5) is 0. The molecule has 0 spiro atoms. The Labute approximate surface area is 158 Å². The van der Waals surface area contributed by atoms with Gasteiger partial charge in [-0.3, -0.25) is 0 Å². The van der Waals surface area contributed by atoms with Crippen molar-refractivity contribution in [2.75, 3.05) is 6.61 Å². The number of hydrogen-bond donors (Lipinski definition) is 0. The fourth-order valence-corrected chi connectivity index (χ4v) is 3.00. The third-order valence-corrected chi connectivity index (χ3v) is 4.44. The summed E-state index contributed by atoms with van der Waals surface area (Å²) in [6.45, 7) is 5.90. The number of hydrogen-bond acceptors (Lipinski definition) is 1. The maximum absolute atomic E-state index is 14.7. The second-order valence-electron chi connectivity index (χ2n) is 6.30. The molecule has 0 amide bonds. The van der Waals surface area contributed by atoms with Gasteiger partial charge in [-0.05, 0) is 60.2 Å². The first kappa shape index (κ1) is 18.8. The SMILES string of the molecule is C=CCCc1ccc(-c2ccc(-c3ccc(OCC)c(F)c3)c(F)c2)cc1. The van der Waals surface area contributed by atoms with E-state index in [1.54, 1.807) is 19.1 Å². The summed E-state index contributed by atoms with van der Waals surface area (Å²) in [5, 5.41) is 0. The van der Waals surface area contributed by atoms with E-state index < -0.39 is 5.82 Å². The molecule has 3 aromatic carbocycles. The predicted molar refractivity (Wildman–Crippen MR) is 107 cm³/mol. The molecular formula is C24H22F2O. The molecule has 0 aliphatic heterocycles. The van der Waals surface area contributed by atoms with Gasteiger partial charge in [0.05, 0.1) is 6.61 Å². The molecule has 0 aliphatic rings. The van der Waals surface area contributed by atoms with Crippen LogP contribution in [0.3, 0.4) is 0 Å². The van der Waals surface area contributed by atoms with E-state index >= 15 is 0 Å². The number of aryl methyl sites for hydroxylation is 1. The van der Waals surface area contributed by atoms with Crippen LogP contribution in [-0.2, 0) is 6.42 Å². The number of rotatable bonds is 7. The van der Waals surface area contributed by atoms with Crippen LogP contribution in [0.25, 0.3) is 22.3 Å². The molecule has 0 aromatic heterocycles. The molecule has 1 nitrogen and oxygen atoms in total. The van der Waals surface area contributed by atoms with Gasteiger partial charge in [-0.15, -0.1) is 6.58 Å². The standard InChI is InChI=1S/C24H22F2O/c1-3-5-6-17-7-9-18(10-8-17)19-11-13-21(22(25)15-19)20-12-14-24(27-4-2)23(26)16-20/h3,7-16H,1,4-6H2,2H3. The first-order valence-corrected chi connectivity index (χ1v) is 9.05. The van der Waals surface area contributed by atoms with Crippen molar-refractivity contribution in [2.45, 2.75) is 19.8 Å². The Hall–Kier alpha value is -2.94. The van der Waals surface area contributed by atoms with Crippen molar-refractivity contribution >= 4 is 0 Å². The van der Waals surface area contributed by atoms with Crippen LogP contribution in [0.4, 0.5) is 8.78 Å². The fraction of sp³-hybridized carbons (Fsp3) is 0.167. The molecule has 27 heavy (non-hydrogen) atoms. The zero-order chi connectivity index (χ0) is 19.2. The zero-order valence-corrected chi connectivity index (χ0v) is 15.3. The minimum absolute atomic E-state index is 0.176. The lowest BCUT2D eigenvalue weighted by atomic mass is 9.98. The molecule has 0 saturated heterocycles. The van der Waals surface area contributed by atoms with E-state index in [4.69, 9.17) is 4.74 Å². The summed E-state index contributed by atoms with van der Waals surface area (Å²) in [5.74, 6) is -0.699. The van der Waals surface area contributed by atoms with Gasteiger partial charge in [0.2, 0.25) is 0 Å². The van der Waals surface area contributed by atoms with Crippen LogP contribution in [0.2, 0.25) is 0 Å². The Balaban J connectivity index is 1.85. The topological polar surface area (TPSA) is 9.23 Å². The highest BCUT2D eigenvalue weighted by Gasteiger charge is 2.11. The predicted octanol–water partition coefficient (Wildman–Crippen LogP) is 6.82. The van der Waals surface area contributed by atoms with Gasteiger partial charge in [0.25, 0.3) is 0 Å². The van der Waals surface area contributed by atoms with Gasteiger partial charge in [-0.1, -0.05) is 48.5 Å². The summed E-state index contributed by atoms with van der Waals surface area (Å²) in [6, 6.07) is 17.6. The van der Waals surface area contributed by atoms with E-state index in [2.05, 4.69) is 6.58 Å². The Bertz CT molecular complexity index is 930. The molecule has 0 aliphatic carbocycles. The van der Waals surface area contributed by atoms with E-state index in [0.717, 1.165) is 24.0 Å². The van der Waals surface area contributed by atoms with Crippen molar-refractivity contribution in [1.82, 2.24) is 0 Å². The molecule has 138 valence electrons. The molecular weight excluding hydrogens is 342 g/mol. The van der Waals surface area contributed by atoms with Crippen LogP contribution >= 0.6 is 0 Å². The highest BCUT2D eigenvalue weighted by atomic mass is 19.1. The Morgan fingerprint density at radius 2 is 1.52 bits per heavy atom. The quantitative estimate of drug-likeness (QED) is 0.418. The average molecular weight is 364 g/mol. The summed E-state index contributed by atoms with van der Waals surface area (Å²) < 4.78 is 33.9. The molecule has 0 fully saturated rings. The van der Waals surface area contributed by atoms with Gasteiger partial charge in [-0.2, -0.15) is 0 Å². The molecule has 3 aromatic rings. The third kappa shape index (κ3) is 4.43. The second-order valence-corrected chi connectivity index (χ2v) is 6.30. The number of allylic oxidation sites excluding steroid dienone is 1. The fourth-order valence-electron chi connectivity index (χ4n) is 3.00. The Kier molecular flexibility index (Phi) is 6.02. The lowest BCUT2D eigenvalue weighted by Crippen LogP contribution is -1.95. The van der Waals surface area contributed by atoms with E-state index in [1.165, 1.54) is 23.8 Å². The van der Waals surface area contributed by atoms with Gasteiger partial charge in [-0.25, -0.2) is 8.78 Å². The van der Waals surface area contributed by atoms with Crippen LogP contribution in [0.1, 0.15) is 18.9 Å². The normalized spacial score (nSPS) is 10.6. The lowest BCUT2D eigenvalue weighted by molar-refractivity contribution is 0.321. The third-order valence-electron chi connectivity index (χ3n) is 4.44. The molecule has 0 radical (unpaired) electrons.